The zero-order valence-corrected chi connectivity index (χ0v) is 16.6. The van der Waals surface area contributed by atoms with Crippen LogP contribution in [0.5, 0.6) is 23.0 Å². The summed E-state index contributed by atoms with van der Waals surface area (Å²) < 4.78 is 11.7. The molecule has 0 saturated heterocycles. The third kappa shape index (κ3) is 5.51. The molecule has 6 nitrogen and oxygen atoms in total. The second-order valence-corrected chi connectivity index (χ2v) is 6.40. The molecule has 0 radical (unpaired) electrons. The van der Waals surface area contributed by atoms with Crippen LogP contribution in [0.2, 0.25) is 0 Å². The van der Waals surface area contributed by atoms with Crippen LogP contribution in [-0.4, -0.2) is 0 Å². The number of nitrogens with two attached hydrogens (primary N) is 2. The average molecular weight is 402 g/mol. The zero-order valence-electron chi connectivity index (χ0n) is 16.6. The summed E-state index contributed by atoms with van der Waals surface area (Å²) in [5.74, 6) is 2.96. The molecule has 0 atom stereocenters. The van der Waals surface area contributed by atoms with Crippen molar-refractivity contribution in [3.8, 4) is 34.1 Å². The molecule has 0 amide bonds. The molecule has 6 heteroatoms. The molecule has 0 aromatic heterocycles. The molecule has 0 spiro atoms. The fourth-order valence-electron chi connectivity index (χ4n) is 2.86. The van der Waals surface area contributed by atoms with E-state index < -0.39 is 0 Å². The van der Waals surface area contributed by atoms with Gasteiger partial charge in [0.2, 0.25) is 0 Å². The van der Waals surface area contributed by atoms with Gasteiger partial charge in [-0.2, -0.15) is 0 Å². The fraction of sp³-hybridized carbons (Fsp3) is 0. The molecule has 154 valence electrons. The van der Waals surface area contributed by atoms with E-state index in [2.05, 4.69) is 0 Å². The van der Waals surface area contributed by atoms with Gasteiger partial charge in [-0.05, 0) is 59.7 Å². The first kappa shape index (κ1) is 22.3. The van der Waals surface area contributed by atoms with E-state index in [4.69, 9.17) is 20.9 Å². The zero-order chi connectivity index (χ0) is 19.3. The van der Waals surface area contributed by atoms with Crippen molar-refractivity contribution in [2.75, 3.05) is 11.5 Å². The maximum Gasteiger partial charge on any atom is 0.129 e. The molecule has 0 unspecified atom stereocenters. The summed E-state index contributed by atoms with van der Waals surface area (Å²) in [7, 11) is 0. The number of ether oxygens (including phenoxy) is 2. The maximum absolute atomic E-state index is 5.83. The molecule has 0 saturated carbocycles. The normalized spacial score (nSPS) is 9.73. The quantitative estimate of drug-likeness (QED) is 0.284. The van der Waals surface area contributed by atoms with Crippen molar-refractivity contribution in [2.45, 2.75) is 0 Å². The highest BCUT2D eigenvalue weighted by Gasteiger charge is 2.03. The number of hydrogen-bond donors (Lipinski definition) is 4. The lowest BCUT2D eigenvalue weighted by Crippen LogP contribution is -1.88. The summed E-state index contributed by atoms with van der Waals surface area (Å²) in [6.07, 6.45) is 0. The van der Waals surface area contributed by atoms with Crippen LogP contribution in [0.3, 0.4) is 0 Å². The maximum atomic E-state index is 5.83. The molecule has 30 heavy (non-hydrogen) atoms. The number of hydrogen-bond acceptors (Lipinski definition) is 6. The first-order chi connectivity index (χ1) is 13.7. The van der Waals surface area contributed by atoms with Crippen LogP contribution in [0.1, 0.15) is 0 Å². The molecule has 0 bridgehead atoms. The predicted molar refractivity (Wildman–Crippen MR) is 124 cm³/mol. The van der Waals surface area contributed by atoms with Crippen molar-refractivity contribution in [3.63, 3.8) is 0 Å². The topological polar surface area (TPSA) is 140 Å². The highest BCUT2D eigenvalue weighted by Crippen LogP contribution is 2.29. The van der Waals surface area contributed by atoms with Gasteiger partial charge < -0.3 is 33.2 Å². The van der Waals surface area contributed by atoms with Gasteiger partial charge in [-0.25, -0.2) is 0 Å². The van der Waals surface area contributed by atoms with Crippen LogP contribution in [-0.2, 0) is 0 Å². The van der Waals surface area contributed by atoms with E-state index in [1.165, 1.54) is 0 Å². The lowest BCUT2D eigenvalue weighted by molar-refractivity contribution is 0.482. The van der Waals surface area contributed by atoms with Gasteiger partial charge in [-0.15, -0.1) is 0 Å². The summed E-state index contributed by atoms with van der Waals surface area (Å²) in [4.78, 5) is 0. The molecular weight excluding hydrogens is 376 g/mol. The Morgan fingerprint density at radius 3 is 1.13 bits per heavy atom. The number of anilines is 2. The van der Waals surface area contributed by atoms with Gasteiger partial charge in [0.15, 0.2) is 0 Å². The van der Waals surface area contributed by atoms with E-state index in [0.717, 1.165) is 34.1 Å². The summed E-state index contributed by atoms with van der Waals surface area (Å²) in [5, 5.41) is 0. The second-order valence-electron chi connectivity index (χ2n) is 6.40. The monoisotopic (exact) mass is 402 g/mol. The van der Waals surface area contributed by atoms with Gasteiger partial charge in [-0.1, -0.05) is 36.4 Å². The molecule has 0 aliphatic heterocycles. The van der Waals surface area contributed by atoms with Crippen molar-refractivity contribution in [3.05, 3.63) is 97.1 Å². The molecule has 4 rings (SSSR count). The Labute approximate surface area is 176 Å². The van der Waals surface area contributed by atoms with Crippen molar-refractivity contribution < 1.29 is 9.47 Å². The standard InChI is InChI=1S/C24H20N2O2.2H3N/c25-19-3-1-5-23(15-19)27-21-11-7-17(8-12-21)18-9-13-22(14-10-18)28-24-6-2-4-20(26)16-24;;/h1-16H,25-26H2;2*1H3. The third-order valence-electron chi connectivity index (χ3n) is 4.23. The Kier molecular flexibility index (Phi) is 7.41. The first-order valence-corrected chi connectivity index (χ1v) is 8.93. The molecule has 0 aliphatic rings. The fourth-order valence-corrected chi connectivity index (χ4v) is 2.86. The summed E-state index contributed by atoms with van der Waals surface area (Å²) in [5.41, 5.74) is 15.1. The van der Waals surface area contributed by atoms with Crippen molar-refractivity contribution in [2.24, 2.45) is 0 Å². The lowest BCUT2D eigenvalue weighted by Gasteiger charge is -2.09. The Morgan fingerprint density at radius 1 is 0.433 bits per heavy atom. The summed E-state index contributed by atoms with van der Waals surface area (Å²) in [6, 6.07) is 30.6. The van der Waals surface area contributed by atoms with Crippen molar-refractivity contribution in [1.29, 1.82) is 0 Å². The minimum Gasteiger partial charge on any atom is -0.457 e. The Morgan fingerprint density at radius 2 is 0.800 bits per heavy atom. The summed E-state index contributed by atoms with van der Waals surface area (Å²) in [6.45, 7) is 0. The van der Waals surface area contributed by atoms with Crippen LogP contribution in [0.4, 0.5) is 11.4 Å². The molecular formula is C24H26N4O2. The Bertz CT molecular complexity index is 992. The first-order valence-electron chi connectivity index (χ1n) is 8.93. The molecule has 4 aromatic rings. The van der Waals surface area contributed by atoms with Crippen LogP contribution in [0.25, 0.3) is 11.1 Å². The van der Waals surface area contributed by atoms with Crippen LogP contribution < -0.4 is 33.2 Å². The van der Waals surface area contributed by atoms with Gasteiger partial charge in [0.05, 0.1) is 0 Å². The van der Waals surface area contributed by atoms with E-state index in [1.807, 2.05) is 84.9 Å². The Balaban J connectivity index is 0.00000160. The van der Waals surface area contributed by atoms with Crippen LogP contribution in [0.15, 0.2) is 97.1 Å². The van der Waals surface area contributed by atoms with Gasteiger partial charge >= 0.3 is 0 Å². The van der Waals surface area contributed by atoms with Crippen LogP contribution >= 0.6 is 0 Å². The highest BCUT2D eigenvalue weighted by atomic mass is 16.5. The third-order valence-corrected chi connectivity index (χ3v) is 4.23. The van der Waals surface area contributed by atoms with Gasteiger partial charge in [0.1, 0.15) is 23.0 Å². The van der Waals surface area contributed by atoms with Crippen molar-refractivity contribution in [1.82, 2.24) is 12.3 Å². The number of nitrogen functional groups attached to an aromatic ring is 2. The van der Waals surface area contributed by atoms with E-state index in [9.17, 15) is 0 Å². The minimum atomic E-state index is 0. The Hall–Kier alpha value is -4.00. The molecule has 0 fully saturated rings. The SMILES string of the molecule is N.N.Nc1cccc(Oc2ccc(-c3ccc(Oc4cccc(N)c4)cc3)cc2)c1. The minimum absolute atomic E-state index is 0. The van der Waals surface area contributed by atoms with E-state index in [1.54, 1.807) is 12.1 Å². The van der Waals surface area contributed by atoms with Crippen molar-refractivity contribution >= 4 is 11.4 Å². The average Bonchev–Trinajstić information content (AvgIpc) is 2.69. The van der Waals surface area contributed by atoms with Gasteiger partial charge in [0.25, 0.3) is 0 Å². The molecule has 0 aliphatic carbocycles. The second kappa shape index (κ2) is 9.97. The highest BCUT2D eigenvalue weighted by molar-refractivity contribution is 5.65. The smallest absolute Gasteiger partial charge is 0.129 e. The molecule has 0 heterocycles. The summed E-state index contributed by atoms with van der Waals surface area (Å²) >= 11 is 0. The lowest BCUT2D eigenvalue weighted by atomic mass is 10.1. The van der Waals surface area contributed by atoms with Gasteiger partial charge in [0, 0.05) is 23.5 Å². The molecule has 4 aromatic carbocycles. The predicted octanol–water partition coefficient (Wildman–Crippen LogP) is 6.43. The largest absolute Gasteiger partial charge is 0.457 e. The number of benzene rings is 4. The van der Waals surface area contributed by atoms with E-state index >= 15 is 0 Å². The van der Waals surface area contributed by atoms with E-state index in [-0.39, 0.29) is 12.3 Å². The number of rotatable bonds is 5. The van der Waals surface area contributed by atoms with E-state index in [0.29, 0.717) is 11.4 Å². The van der Waals surface area contributed by atoms with Crippen LogP contribution in [0, 0.1) is 0 Å². The molecule has 10 N–H and O–H groups in total. The van der Waals surface area contributed by atoms with Gasteiger partial charge in [-0.3, -0.25) is 0 Å².